The number of phenols is 1. The van der Waals surface area contributed by atoms with Gasteiger partial charge in [0.2, 0.25) is 0 Å². The van der Waals surface area contributed by atoms with Gasteiger partial charge in [-0.1, -0.05) is 37.6 Å². The molecule has 0 aliphatic carbocycles. The van der Waals surface area contributed by atoms with E-state index in [-0.39, 0.29) is 16.9 Å². The maximum atomic E-state index is 13.2. The molecule has 1 amide bonds. The quantitative estimate of drug-likeness (QED) is 0.244. The van der Waals surface area contributed by atoms with Gasteiger partial charge in [-0.3, -0.25) is 9.59 Å². The van der Waals surface area contributed by atoms with Crippen LogP contribution in [-0.4, -0.2) is 71.0 Å². The number of methoxy groups -OCH3 is 1. The fourth-order valence-corrected chi connectivity index (χ4v) is 4.37. The van der Waals surface area contributed by atoms with E-state index >= 15 is 0 Å². The van der Waals surface area contributed by atoms with E-state index in [1.54, 1.807) is 43.3 Å². The molecule has 1 aliphatic heterocycles. The summed E-state index contributed by atoms with van der Waals surface area (Å²) in [5.41, 5.74) is 1.66. The zero-order valence-electron chi connectivity index (χ0n) is 20.6. The smallest absolute Gasteiger partial charge is 0.337 e. The lowest BCUT2D eigenvalue weighted by Crippen LogP contribution is -2.33. The van der Waals surface area contributed by atoms with Gasteiger partial charge in [0, 0.05) is 6.54 Å². The molecule has 2 aromatic carbocycles. The van der Waals surface area contributed by atoms with Crippen LogP contribution < -0.4 is 0 Å². The van der Waals surface area contributed by atoms with E-state index in [0.29, 0.717) is 24.1 Å². The molecule has 0 aromatic heterocycles. The number of amides is 1. The Hall–Kier alpha value is -3.65. The number of rotatable bonds is 9. The van der Waals surface area contributed by atoms with E-state index in [9.17, 15) is 24.6 Å². The Morgan fingerprint density at radius 1 is 1.09 bits per heavy atom. The van der Waals surface area contributed by atoms with Crippen molar-refractivity contribution in [2.45, 2.75) is 33.2 Å². The Labute approximate surface area is 205 Å². The summed E-state index contributed by atoms with van der Waals surface area (Å²) < 4.78 is 4.76. The number of aliphatic hydroxyl groups is 1. The summed E-state index contributed by atoms with van der Waals surface area (Å²) in [6, 6.07) is 10.2. The van der Waals surface area contributed by atoms with Crippen molar-refractivity contribution in [1.82, 2.24) is 9.80 Å². The fourth-order valence-electron chi connectivity index (χ4n) is 4.37. The second kappa shape index (κ2) is 11.2. The summed E-state index contributed by atoms with van der Waals surface area (Å²) in [5.74, 6) is -2.65. The molecule has 2 N–H and O–H groups in total. The van der Waals surface area contributed by atoms with Crippen molar-refractivity contribution in [3.8, 4) is 5.75 Å². The van der Waals surface area contributed by atoms with Crippen LogP contribution in [0.3, 0.4) is 0 Å². The summed E-state index contributed by atoms with van der Waals surface area (Å²) in [6.07, 6.45) is 0.640. The van der Waals surface area contributed by atoms with E-state index in [1.165, 1.54) is 18.1 Å². The molecule has 1 heterocycles. The van der Waals surface area contributed by atoms with Gasteiger partial charge in [0.25, 0.3) is 11.7 Å². The van der Waals surface area contributed by atoms with Crippen LogP contribution in [0.4, 0.5) is 0 Å². The van der Waals surface area contributed by atoms with E-state index in [2.05, 4.69) is 18.7 Å². The van der Waals surface area contributed by atoms with E-state index in [0.717, 1.165) is 25.2 Å². The first-order valence-corrected chi connectivity index (χ1v) is 11.7. The topological polar surface area (TPSA) is 107 Å². The Balaban J connectivity index is 2.08. The van der Waals surface area contributed by atoms with Crippen molar-refractivity contribution in [1.29, 1.82) is 0 Å². The second-order valence-electron chi connectivity index (χ2n) is 8.51. The number of hydrogen-bond acceptors (Lipinski definition) is 7. The van der Waals surface area contributed by atoms with Crippen LogP contribution >= 0.6 is 0 Å². The number of benzene rings is 2. The molecule has 0 bridgehead atoms. The Kier molecular flexibility index (Phi) is 8.30. The summed E-state index contributed by atoms with van der Waals surface area (Å²) in [4.78, 5) is 41.8. The van der Waals surface area contributed by atoms with Crippen molar-refractivity contribution < 1.29 is 29.3 Å². The van der Waals surface area contributed by atoms with Crippen LogP contribution in [0.25, 0.3) is 5.76 Å². The largest absolute Gasteiger partial charge is 0.507 e. The number of phenolic OH excluding ortho intramolecular Hbond substituents is 1. The number of aromatic hydroxyl groups is 1. The maximum absolute atomic E-state index is 13.2. The molecular weight excluding hydrogens is 448 g/mol. The molecular formula is C27H32N2O6. The number of carbonyl (C=O) groups excluding carboxylic acids is 3. The van der Waals surface area contributed by atoms with E-state index in [4.69, 9.17) is 4.74 Å². The molecule has 1 saturated heterocycles. The first-order valence-electron chi connectivity index (χ1n) is 11.7. The van der Waals surface area contributed by atoms with Gasteiger partial charge < -0.3 is 24.7 Å². The number of ketones is 1. The van der Waals surface area contributed by atoms with Gasteiger partial charge in [-0.25, -0.2) is 4.79 Å². The standard InChI is InChI=1S/C27H32N2O6/c1-5-28(6-2)14-7-15-29-23(18-9-11-19(12-10-18)27(34)35-4)22(25(32)26(29)33)24(31)20-16-17(3)8-13-21(20)30/h8-13,16,23,30-31H,5-7,14-15H2,1-4H3/t23-/m0/s1. The average Bonchev–Trinajstić information content (AvgIpc) is 3.12. The highest BCUT2D eigenvalue weighted by atomic mass is 16.5. The lowest BCUT2D eigenvalue weighted by molar-refractivity contribution is -0.140. The summed E-state index contributed by atoms with van der Waals surface area (Å²) in [5, 5.41) is 21.5. The van der Waals surface area contributed by atoms with Crippen LogP contribution in [0.15, 0.2) is 48.0 Å². The molecule has 8 nitrogen and oxygen atoms in total. The highest BCUT2D eigenvalue weighted by molar-refractivity contribution is 6.46. The molecule has 186 valence electrons. The van der Waals surface area contributed by atoms with Crippen LogP contribution in [0.2, 0.25) is 0 Å². The van der Waals surface area contributed by atoms with Crippen LogP contribution in [0, 0.1) is 6.92 Å². The van der Waals surface area contributed by atoms with Crippen molar-refractivity contribution >= 4 is 23.4 Å². The van der Waals surface area contributed by atoms with Gasteiger partial charge in [-0.2, -0.15) is 0 Å². The van der Waals surface area contributed by atoms with Gasteiger partial charge in [-0.15, -0.1) is 0 Å². The second-order valence-corrected chi connectivity index (χ2v) is 8.51. The highest BCUT2D eigenvalue weighted by Crippen LogP contribution is 2.41. The average molecular weight is 481 g/mol. The van der Waals surface area contributed by atoms with Gasteiger partial charge >= 0.3 is 5.97 Å². The Bertz CT molecular complexity index is 1130. The summed E-state index contributed by atoms with van der Waals surface area (Å²) >= 11 is 0. The molecule has 0 radical (unpaired) electrons. The monoisotopic (exact) mass is 480 g/mol. The van der Waals surface area contributed by atoms with Crippen LogP contribution in [0.1, 0.15) is 53.4 Å². The normalized spacial score (nSPS) is 17.3. The molecule has 35 heavy (non-hydrogen) atoms. The molecule has 1 atom stereocenters. The number of nitrogens with zero attached hydrogens (tertiary/aromatic N) is 2. The number of esters is 1. The van der Waals surface area contributed by atoms with Crippen molar-refractivity contribution in [3.05, 3.63) is 70.3 Å². The SMILES string of the molecule is CCN(CC)CCCN1C(=O)C(=O)C(=C(O)c2cc(C)ccc2O)[C@@H]1c1ccc(C(=O)OC)cc1. The minimum Gasteiger partial charge on any atom is -0.507 e. The Morgan fingerprint density at radius 3 is 2.34 bits per heavy atom. The number of aryl methyl sites for hydroxylation is 1. The van der Waals surface area contributed by atoms with Gasteiger partial charge in [0.05, 0.1) is 29.9 Å². The third kappa shape index (κ3) is 5.38. The minimum atomic E-state index is -0.863. The van der Waals surface area contributed by atoms with Crippen molar-refractivity contribution in [2.24, 2.45) is 0 Å². The van der Waals surface area contributed by atoms with E-state index in [1.807, 2.05) is 0 Å². The fraction of sp³-hybridized carbons (Fsp3) is 0.370. The number of likely N-dealkylation sites (tertiary alicyclic amines) is 1. The molecule has 3 rings (SSSR count). The zero-order valence-corrected chi connectivity index (χ0v) is 20.6. The molecule has 8 heteroatoms. The first kappa shape index (κ1) is 26.0. The number of carbonyl (C=O) groups is 3. The molecule has 0 saturated carbocycles. The van der Waals surface area contributed by atoms with Crippen molar-refractivity contribution in [3.63, 3.8) is 0 Å². The van der Waals surface area contributed by atoms with Crippen LogP contribution in [-0.2, 0) is 14.3 Å². The lowest BCUT2D eigenvalue weighted by atomic mass is 9.94. The highest BCUT2D eigenvalue weighted by Gasteiger charge is 2.46. The number of ether oxygens (including phenoxy) is 1. The number of Topliss-reactive ketones (excluding diaryl/α,β-unsaturated/α-hetero) is 1. The lowest BCUT2D eigenvalue weighted by Gasteiger charge is -2.27. The molecule has 1 fully saturated rings. The third-order valence-corrected chi connectivity index (χ3v) is 6.36. The first-order chi connectivity index (χ1) is 16.7. The third-order valence-electron chi connectivity index (χ3n) is 6.36. The van der Waals surface area contributed by atoms with Crippen molar-refractivity contribution in [2.75, 3.05) is 33.3 Å². The maximum Gasteiger partial charge on any atom is 0.337 e. The number of aliphatic hydroxyl groups excluding tert-OH is 1. The predicted molar refractivity (Wildman–Crippen MR) is 132 cm³/mol. The molecule has 0 unspecified atom stereocenters. The number of hydrogen-bond donors (Lipinski definition) is 2. The molecule has 2 aromatic rings. The minimum absolute atomic E-state index is 0.0855. The molecule has 0 spiro atoms. The predicted octanol–water partition coefficient (Wildman–Crippen LogP) is 3.64. The van der Waals surface area contributed by atoms with Gasteiger partial charge in [0.15, 0.2) is 0 Å². The van der Waals surface area contributed by atoms with Gasteiger partial charge in [-0.05, 0) is 62.8 Å². The van der Waals surface area contributed by atoms with E-state index < -0.39 is 29.5 Å². The summed E-state index contributed by atoms with van der Waals surface area (Å²) in [6.45, 7) is 8.73. The van der Waals surface area contributed by atoms with Crippen LogP contribution in [0.5, 0.6) is 5.75 Å². The zero-order chi connectivity index (χ0) is 25.7. The summed E-state index contributed by atoms with van der Waals surface area (Å²) in [7, 11) is 1.29. The molecule has 1 aliphatic rings. The Morgan fingerprint density at radius 2 is 1.74 bits per heavy atom. The van der Waals surface area contributed by atoms with Gasteiger partial charge in [0.1, 0.15) is 11.5 Å².